The monoisotopic (exact) mass is 626 g/mol. The second-order valence-electron chi connectivity index (χ2n) is 13.6. The molecule has 2 aliphatic heterocycles. The predicted molar refractivity (Wildman–Crippen MR) is 183 cm³/mol. The van der Waals surface area contributed by atoms with Gasteiger partial charge in [0.2, 0.25) is 0 Å². The van der Waals surface area contributed by atoms with Gasteiger partial charge in [-0.05, 0) is 155 Å². The van der Waals surface area contributed by atoms with Crippen LogP contribution in [0.1, 0.15) is 68.7 Å². The first-order chi connectivity index (χ1) is 21.6. The molecule has 1 atom stereocenters. The Hall–Kier alpha value is -3.39. The van der Waals surface area contributed by atoms with Crippen molar-refractivity contribution in [2.24, 2.45) is 0 Å². The maximum atomic E-state index is 12.9. The lowest BCUT2D eigenvalue weighted by atomic mass is 9.96. The number of aromatic hydroxyl groups is 1. The number of phenolic OH excluding ortho intramolecular Hbond substituents is 1. The Balaban J connectivity index is 1.19. The number of ether oxygens (including phenoxy) is 2. The van der Waals surface area contributed by atoms with Gasteiger partial charge in [-0.25, -0.2) is 0 Å². The molecule has 2 aliphatic rings. The second-order valence-corrected chi connectivity index (χ2v) is 14.7. The van der Waals surface area contributed by atoms with Gasteiger partial charge in [0.15, 0.2) is 0 Å². The molecule has 6 nitrogen and oxygen atoms in total. The standard InChI is InChI=1S/C38H46N2O4S/c1-26-22-27(9-10-29(26)25-40-19-7-8-34(40)37(42)44-38(2,3)4)23-33-32-16-13-30(41)24-35(32)45-36(33)28-11-14-31(15-12-28)43-21-20-39-17-5-6-18-39/h9-16,22,24,34,41H,5-8,17-21,23,25H2,1-4H3/t34-/m0/s1. The zero-order chi connectivity index (χ0) is 31.6. The van der Waals surface area contributed by atoms with E-state index in [4.69, 9.17) is 9.47 Å². The van der Waals surface area contributed by atoms with Crippen LogP contribution in [0, 0.1) is 6.92 Å². The Bertz CT molecular complexity index is 1630. The molecule has 0 aliphatic carbocycles. The number of thiophene rings is 1. The lowest BCUT2D eigenvalue weighted by molar-refractivity contribution is -0.160. The van der Waals surface area contributed by atoms with Gasteiger partial charge in [0.05, 0.1) is 0 Å². The number of hydrogen-bond acceptors (Lipinski definition) is 7. The lowest BCUT2D eigenvalue weighted by Gasteiger charge is -2.27. The van der Waals surface area contributed by atoms with Gasteiger partial charge < -0.3 is 14.6 Å². The van der Waals surface area contributed by atoms with Crippen molar-refractivity contribution in [3.63, 3.8) is 0 Å². The summed E-state index contributed by atoms with van der Waals surface area (Å²) < 4.78 is 12.9. The molecule has 238 valence electrons. The fourth-order valence-electron chi connectivity index (χ4n) is 6.67. The summed E-state index contributed by atoms with van der Waals surface area (Å²) in [5.74, 6) is 1.07. The molecule has 45 heavy (non-hydrogen) atoms. The fraction of sp³-hybridized carbons (Fsp3) is 0.447. The van der Waals surface area contributed by atoms with Crippen LogP contribution >= 0.6 is 11.3 Å². The number of rotatable bonds is 10. The summed E-state index contributed by atoms with van der Waals surface area (Å²) in [5, 5.41) is 11.4. The van der Waals surface area contributed by atoms with E-state index in [-0.39, 0.29) is 17.8 Å². The molecule has 1 N–H and O–H groups in total. The van der Waals surface area contributed by atoms with E-state index >= 15 is 0 Å². The van der Waals surface area contributed by atoms with Crippen molar-refractivity contribution in [3.05, 3.63) is 82.9 Å². The van der Waals surface area contributed by atoms with Gasteiger partial charge in [-0.2, -0.15) is 0 Å². The first-order valence-electron chi connectivity index (χ1n) is 16.4. The van der Waals surface area contributed by atoms with E-state index in [1.165, 1.54) is 58.4 Å². The molecule has 3 heterocycles. The predicted octanol–water partition coefficient (Wildman–Crippen LogP) is 7.95. The molecule has 4 aromatic rings. The number of carbonyl (C=O) groups excluding carboxylic acids is 1. The van der Waals surface area contributed by atoms with Crippen LogP contribution in [0.5, 0.6) is 11.5 Å². The summed E-state index contributed by atoms with van der Waals surface area (Å²) in [6, 6.07) is 20.7. The van der Waals surface area contributed by atoms with Gasteiger partial charge >= 0.3 is 5.97 Å². The van der Waals surface area contributed by atoms with Crippen LogP contribution in [0.2, 0.25) is 0 Å². The highest BCUT2D eigenvalue weighted by Gasteiger charge is 2.34. The number of likely N-dealkylation sites (tertiary alicyclic amines) is 2. The number of phenols is 1. The largest absolute Gasteiger partial charge is 0.508 e. The van der Waals surface area contributed by atoms with Crippen molar-refractivity contribution in [1.82, 2.24) is 9.80 Å². The van der Waals surface area contributed by atoms with Crippen LogP contribution < -0.4 is 4.74 Å². The number of esters is 1. The third kappa shape index (κ3) is 7.71. The molecule has 6 rings (SSSR count). The molecule has 0 saturated carbocycles. The first-order valence-corrected chi connectivity index (χ1v) is 17.2. The van der Waals surface area contributed by atoms with Crippen molar-refractivity contribution in [2.45, 2.75) is 78.0 Å². The van der Waals surface area contributed by atoms with Gasteiger partial charge in [-0.3, -0.25) is 14.6 Å². The van der Waals surface area contributed by atoms with Crippen molar-refractivity contribution >= 4 is 27.4 Å². The summed E-state index contributed by atoms with van der Waals surface area (Å²) in [6.07, 6.45) is 5.24. The fourth-order valence-corrected chi connectivity index (χ4v) is 7.93. The van der Waals surface area contributed by atoms with Gasteiger partial charge in [-0.1, -0.05) is 18.2 Å². The van der Waals surface area contributed by atoms with E-state index in [0.29, 0.717) is 6.61 Å². The molecule has 0 amide bonds. The van der Waals surface area contributed by atoms with Gasteiger partial charge in [0.25, 0.3) is 0 Å². The molecular weight excluding hydrogens is 580 g/mol. The Morgan fingerprint density at radius 2 is 1.76 bits per heavy atom. The van der Waals surface area contributed by atoms with Crippen LogP contribution in [0.4, 0.5) is 0 Å². The molecule has 2 fully saturated rings. The molecule has 0 spiro atoms. The minimum Gasteiger partial charge on any atom is -0.508 e. The summed E-state index contributed by atoms with van der Waals surface area (Å²) >= 11 is 1.73. The Kier molecular flexibility index (Phi) is 9.50. The van der Waals surface area contributed by atoms with E-state index in [2.05, 4.69) is 59.2 Å². The average Bonchev–Trinajstić information content (AvgIpc) is 3.75. The summed E-state index contributed by atoms with van der Waals surface area (Å²) in [6.45, 7) is 13.7. The maximum Gasteiger partial charge on any atom is 0.323 e. The third-order valence-corrected chi connectivity index (χ3v) is 10.2. The van der Waals surface area contributed by atoms with Crippen LogP contribution in [0.15, 0.2) is 60.7 Å². The Morgan fingerprint density at radius 1 is 0.978 bits per heavy atom. The van der Waals surface area contributed by atoms with Crippen LogP contribution in [0.25, 0.3) is 20.5 Å². The zero-order valence-corrected chi connectivity index (χ0v) is 27.9. The van der Waals surface area contributed by atoms with E-state index in [0.717, 1.165) is 54.9 Å². The van der Waals surface area contributed by atoms with Gasteiger partial charge in [-0.15, -0.1) is 11.3 Å². The van der Waals surface area contributed by atoms with Gasteiger partial charge in [0, 0.05) is 22.7 Å². The van der Waals surface area contributed by atoms with E-state index in [1.807, 2.05) is 32.9 Å². The molecule has 2 saturated heterocycles. The Labute approximate surface area is 271 Å². The van der Waals surface area contributed by atoms with Crippen LogP contribution in [0.3, 0.4) is 0 Å². The van der Waals surface area contributed by atoms with E-state index in [9.17, 15) is 9.90 Å². The smallest absolute Gasteiger partial charge is 0.323 e. The highest BCUT2D eigenvalue weighted by molar-refractivity contribution is 7.22. The zero-order valence-electron chi connectivity index (χ0n) is 27.1. The number of carbonyl (C=O) groups is 1. The topological polar surface area (TPSA) is 62.2 Å². The molecule has 0 bridgehead atoms. The highest BCUT2D eigenvalue weighted by atomic mass is 32.1. The number of fused-ring (bicyclic) bond motifs is 1. The van der Waals surface area contributed by atoms with Crippen LogP contribution in [-0.2, 0) is 22.5 Å². The van der Waals surface area contributed by atoms with Crippen molar-refractivity contribution in [1.29, 1.82) is 0 Å². The highest BCUT2D eigenvalue weighted by Crippen LogP contribution is 2.41. The molecule has 3 aromatic carbocycles. The molecule has 1 aromatic heterocycles. The van der Waals surface area contributed by atoms with E-state index in [1.54, 1.807) is 17.4 Å². The first kappa shape index (κ1) is 31.6. The summed E-state index contributed by atoms with van der Waals surface area (Å²) in [7, 11) is 0. The van der Waals surface area contributed by atoms with Crippen molar-refractivity contribution < 1.29 is 19.4 Å². The molecule has 0 radical (unpaired) electrons. The SMILES string of the molecule is Cc1cc(Cc2c(-c3ccc(OCCN4CCCC4)cc3)sc3cc(O)ccc23)ccc1CN1CCC[C@H]1C(=O)OC(C)(C)C. The Morgan fingerprint density at radius 3 is 2.49 bits per heavy atom. The number of benzene rings is 3. The van der Waals surface area contributed by atoms with E-state index < -0.39 is 5.60 Å². The summed E-state index contributed by atoms with van der Waals surface area (Å²) in [4.78, 5) is 18.8. The average molecular weight is 627 g/mol. The molecule has 7 heteroatoms. The number of hydrogen-bond donors (Lipinski definition) is 1. The maximum absolute atomic E-state index is 12.9. The molecular formula is C38H46N2O4S. The third-order valence-electron chi connectivity index (χ3n) is 8.97. The summed E-state index contributed by atoms with van der Waals surface area (Å²) in [5.41, 5.74) is 5.68. The van der Waals surface area contributed by atoms with Crippen LogP contribution in [-0.4, -0.2) is 65.3 Å². The minimum atomic E-state index is -0.477. The van der Waals surface area contributed by atoms with Crippen molar-refractivity contribution in [3.8, 4) is 21.9 Å². The normalized spacial score (nSPS) is 17.7. The van der Waals surface area contributed by atoms with Crippen molar-refractivity contribution in [2.75, 3.05) is 32.8 Å². The minimum absolute atomic E-state index is 0.112. The molecule has 0 unspecified atom stereocenters. The number of nitrogens with zero attached hydrogens (tertiary/aromatic N) is 2. The number of aryl methyl sites for hydroxylation is 1. The lowest BCUT2D eigenvalue weighted by Crippen LogP contribution is -2.40. The van der Waals surface area contributed by atoms with Gasteiger partial charge in [0.1, 0.15) is 29.7 Å². The quantitative estimate of drug-likeness (QED) is 0.180. The second kappa shape index (κ2) is 13.5.